The van der Waals surface area contributed by atoms with Crippen molar-refractivity contribution < 1.29 is 23.9 Å². The Labute approximate surface area is 314 Å². The third-order valence-electron chi connectivity index (χ3n) is 9.37. The Bertz CT molecular complexity index is 1340. The summed E-state index contributed by atoms with van der Waals surface area (Å²) >= 11 is 0. The second-order valence-corrected chi connectivity index (χ2v) is 18.2. The monoisotopic (exact) mass is 723 g/mol. The minimum absolute atomic E-state index is 0.0183. The highest BCUT2D eigenvalue weighted by molar-refractivity contribution is 5.73. The molecule has 6 N–H and O–H groups in total. The zero-order chi connectivity index (χ0) is 39.2. The van der Waals surface area contributed by atoms with Gasteiger partial charge in [-0.2, -0.15) is 0 Å². The molecule has 292 valence electrons. The first-order chi connectivity index (χ1) is 24.1. The van der Waals surface area contributed by atoms with Gasteiger partial charge in [0.2, 0.25) is 0 Å². The molecular formula is C43H70N4O5. The van der Waals surface area contributed by atoms with Gasteiger partial charge < -0.3 is 31.6 Å². The lowest BCUT2D eigenvalue weighted by atomic mass is 9.72. The first-order valence-electron chi connectivity index (χ1n) is 19.3. The van der Waals surface area contributed by atoms with Crippen molar-refractivity contribution in [1.82, 2.24) is 10.6 Å². The second kappa shape index (κ2) is 19.9. The molecule has 0 aliphatic carbocycles. The van der Waals surface area contributed by atoms with E-state index in [1.165, 1.54) is 11.1 Å². The lowest BCUT2D eigenvalue weighted by Crippen LogP contribution is -2.36. The summed E-state index contributed by atoms with van der Waals surface area (Å²) in [4.78, 5) is 35.3. The number of benzene rings is 2. The second-order valence-electron chi connectivity index (χ2n) is 18.2. The number of unbranched alkanes of at least 4 members (excludes halogenated alkanes) is 6. The molecule has 0 aromatic heterocycles. The Balaban J connectivity index is 1.70. The molecule has 0 heterocycles. The van der Waals surface area contributed by atoms with Crippen molar-refractivity contribution in [1.29, 1.82) is 0 Å². The first kappa shape index (κ1) is 44.4. The highest BCUT2D eigenvalue weighted by Crippen LogP contribution is 2.39. The van der Waals surface area contributed by atoms with Crippen LogP contribution in [0.5, 0.6) is 11.5 Å². The molecule has 0 unspecified atom stereocenters. The van der Waals surface area contributed by atoms with Crippen molar-refractivity contribution in [3.05, 3.63) is 58.7 Å². The van der Waals surface area contributed by atoms with Crippen LogP contribution in [0.3, 0.4) is 0 Å². The maximum Gasteiger partial charge on any atom is 0.409 e. The molecule has 0 fully saturated rings. The smallest absolute Gasteiger partial charge is 0.409 e. The van der Waals surface area contributed by atoms with Gasteiger partial charge in [0.1, 0.15) is 11.5 Å². The standard InChI is InChI=1S/C43H70N4O5/c1-40(2,3)29-42(7,8)33-21-23-35(51-37(44)48)31(27-33)19-15-11-13-17-25-46-39(50)47-26-18-14-12-16-20-32-28-34(22-24-36(32)52-38(45)49)43(9,10)30-41(4,5)6/h21-24,27-28H,11-20,25-26,29-30H2,1-10H3,(H2,44,48)(H2,45,49)(H2,46,47,50). The van der Waals surface area contributed by atoms with E-state index < -0.39 is 12.2 Å². The predicted octanol–water partition coefficient (Wildman–Crippen LogP) is 10.2. The SMILES string of the molecule is CC(C)(C)CC(C)(C)c1ccc(OC(N)=O)c(CCCCCCNC(=O)NCCCCCCc2cc(C(C)(C)CC(C)(C)C)ccc2OC(N)=O)c1. The molecule has 2 aromatic carbocycles. The van der Waals surface area contributed by atoms with Crippen LogP contribution in [-0.2, 0) is 23.7 Å². The Morgan fingerprint density at radius 1 is 0.538 bits per heavy atom. The van der Waals surface area contributed by atoms with E-state index in [-0.39, 0.29) is 27.7 Å². The van der Waals surface area contributed by atoms with Gasteiger partial charge in [-0.25, -0.2) is 14.4 Å². The molecule has 9 heteroatoms. The predicted molar refractivity (Wildman–Crippen MR) is 213 cm³/mol. The van der Waals surface area contributed by atoms with Crippen LogP contribution in [0.2, 0.25) is 0 Å². The van der Waals surface area contributed by atoms with E-state index in [9.17, 15) is 14.4 Å². The Morgan fingerprint density at radius 2 is 0.885 bits per heavy atom. The minimum atomic E-state index is -0.799. The number of urea groups is 1. The molecule has 0 saturated carbocycles. The lowest BCUT2D eigenvalue weighted by Gasteiger charge is -2.33. The van der Waals surface area contributed by atoms with E-state index in [1.807, 2.05) is 24.3 Å². The van der Waals surface area contributed by atoms with E-state index in [4.69, 9.17) is 20.9 Å². The number of nitrogens with two attached hydrogens (primary N) is 2. The van der Waals surface area contributed by atoms with Gasteiger partial charge in [0.05, 0.1) is 0 Å². The third kappa shape index (κ3) is 17.2. The summed E-state index contributed by atoms with van der Waals surface area (Å²) in [5.74, 6) is 1.07. The van der Waals surface area contributed by atoms with E-state index >= 15 is 0 Å². The average Bonchev–Trinajstić information content (AvgIpc) is 2.98. The maximum atomic E-state index is 12.3. The number of hydrogen-bond acceptors (Lipinski definition) is 5. The number of ether oxygens (including phenoxy) is 2. The van der Waals surface area contributed by atoms with Crippen molar-refractivity contribution in [2.45, 2.75) is 157 Å². The summed E-state index contributed by atoms with van der Waals surface area (Å²) in [6.07, 6.45) is 9.72. The minimum Gasteiger partial charge on any atom is -0.410 e. The number of nitrogens with one attached hydrogen (secondary N) is 2. The zero-order valence-electron chi connectivity index (χ0n) is 34.1. The molecule has 9 nitrogen and oxygen atoms in total. The number of rotatable bonds is 20. The molecule has 0 aliphatic rings. The average molecular weight is 723 g/mol. The van der Waals surface area contributed by atoms with E-state index in [2.05, 4.69) is 92.0 Å². The van der Waals surface area contributed by atoms with Crippen LogP contribution in [0.25, 0.3) is 0 Å². The van der Waals surface area contributed by atoms with Gasteiger partial charge >= 0.3 is 18.2 Å². The summed E-state index contributed by atoms with van der Waals surface area (Å²) in [7, 11) is 0. The molecule has 4 amide bonds. The Hall–Kier alpha value is -3.75. The van der Waals surface area contributed by atoms with Crippen molar-refractivity contribution in [3.8, 4) is 11.5 Å². The van der Waals surface area contributed by atoms with Crippen LogP contribution < -0.4 is 31.6 Å². The molecule has 2 aromatic rings. The van der Waals surface area contributed by atoms with Gasteiger partial charge in [-0.05, 0) is 107 Å². The lowest BCUT2D eigenvalue weighted by molar-refractivity contribution is 0.209. The fourth-order valence-electron chi connectivity index (χ4n) is 7.72. The van der Waals surface area contributed by atoms with Crippen LogP contribution in [-0.4, -0.2) is 31.3 Å². The van der Waals surface area contributed by atoms with Crippen molar-refractivity contribution >= 4 is 18.2 Å². The normalized spacial score (nSPS) is 12.3. The number of hydrogen-bond donors (Lipinski definition) is 4. The molecule has 0 spiro atoms. The van der Waals surface area contributed by atoms with E-state index in [0.29, 0.717) is 24.6 Å². The van der Waals surface area contributed by atoms with E-state index in [0.717, 1.165) is 88.2 Å². The molecule has 2 rings (SSSR count). The van der Waals surface area contributed by atoms with Gasteiger partial charge in [-0.3, -0.25) is 0 Å². The Morgan fingerprint density at radius 3 is 1.21 bits per heavy atom. The van der Waals surface area contributed by atoms with E-state index in [1.54, 1.807) is 0 Å². The summed E-state index contributed by atoms with van der Waals surface area (Å²) in [6, 6.07) is 12.0. The van der Waals surface area contributed by atoms with Crippen molar-refractivity contribution in [3.63, 3.8) is 0 Å². The molecular weight excluding hydrogens is 652 g/mol. The molecule has 0 bridgehead atoms. The fraction of sp³-hybridized carbons (Fsp3) is 0.651. The molecule has 0 atom stereocenters. The van der Waals surface area contributed by atoms with Crippen molar-refractivity contribution in [2.24, 2.45) is 22.3 Å². The van der Waals surface area contributed by atoms with Crippen molar-refractivity contribution in [2.75, 3.05) is 13.1 Å². The maximum absolute atomic E-state index is 12.3. The van der Waals surface area contributed by atoms with Crippen LogP contribution in [0.4, 0.5) is 14.4 Å². The molecule has 0 saturated heterocycles. The number of carbonyl (C=O) groups is 3. The number of amides is 4. The van der Waals surface area contributed by atoms with Gasteiger partial charge in [0.25, 0.3) is 0 Å². The van der Waals surface area contributed by atoms with Crippen LogP contribution >= 0.6 is 0 Å². The molecule has 0 radical (unpaired) electrons. The van der Waals surface area contributed by atoms with Gasteiger partial charge in [0, 0.05) is 13.1 Å². The summed E-state index contributed by atoms with van der Waals surface area (Å²) < 4.78 is 10.6. The molecule has 0 aliphatic heterocycles. The van der Waals surface area contributed by atoms with Gasteiger partial charge in [-0.1, -0.05) is 119 Å². The summed E-state index contributed by atoms with van der Waals surface area (Å²) in [5, 5.41) is 5.94. The van der Waals surface area contributed by atoms with Gasteiger partial charge in [-0.15, -0.1) is 0 Å². The first-order valence-corrected chi connectivity index (χ1v) is 19.3. The highest BCUT2D eigenvalue weighted by atomic mass is 16.6. The topological polar surface area (TPSA) is 146 Å². The number of aryl methyl sites for hydroxylation is 2. The molecule has 52 heavy (non-hydrogen) atoms. The van der Waals surface area contributed by atoms with Crippen LogP contribution in [0.1, 0.15) is 156 Å². The quantitative estimate of drug-likeness (QED) is 0.101. The summed E-state index contributed by atoms with van der Waals surface area (Å²) in [6.45, 7) is 23.8. The third-order valence-corrected chi connectivity index (χ3v) is 9.37. The highest BCUT2D eigenvalue weighted by Gasteiger charge is 2.29. The number of primary amides is 2. The number of carbonyl (C=O) groups excluding carboxylic acids is 3. The van der Waals surface area contributed by atoms with Crippen LogP contribution in [0, 0.1) is 10.8 Å². The fourth-order valence-corrected chi connectivity index (χ4v) is 7.72. The van der Waals surface area contributed by atoms with Gasteiger partial charge in [0.15, 0.2) is 0 Å². The largest absolute Gasteiger partial charge is 0.410 e. The summed E-state index contributed by atoms with van der Waals surface area (Å²) in [5.41, 5.74) is 15.5. The Kier molecular flexibility index (Phi) is 17.0. The zero-order valence-corrected chi connectivity index (χ0v) is 34.1. The van der Waals surface area contributed by atoms with Crippen LogP contribution in [0.15, 0.2) is 36.4 Å².